The quantitative estimate of drug-likeness (QED) is 0.802. The molecule has 1 amide bonds. The molecule has 0 spiro atoms. The van der Waals surface area contributed by atoms with E-state index in [2.05, 4.69) is 5.32 Å². The van der Waals surface area contributed by atoms with Gasteiger partial charge in [0.2, 0.25) is 0 Å². The second kappa shape index (κ2) is 7.55. The van der Waals surface area contributed by atoms with Gasteiger partial charge in [0, 0.05) is 12.1 Å². The van der Waals surface area contributed by atoms with E-state index in [1.54, 1.807) is 20.8 Å². The first kappa shape index (κ1) is 19.8. The molecule has 134 valence electrons. The van der Waals surface area contributed by atoms with Gasteiger partial charge in [-0.25, -0.2) is 18.0 Å². The number of hydrogen-bond donors (Lipinski definition) is 2. The van der Waals surface area contributed by atoms with Crippen LogP contribution in [0.3, 0.4) is 0 Å². The van der Waals surface area contributed by atoms with E-state index in [0.717, 1.165) is 0 Å². The Morgan fingerprint density at radius 1 is 1.17 bits per heavy atom. The first-order valence-corrected chi connectivity index (χ1v) is 7.26. The highest BCUT2D eigenvalue weighted by Gasteiger charge is 2.29. The lowest BCUT2D eigenvalue weighted by atomic mass is 9.94. The van der Waals surface area contributed by atoms with Crippen molar-refractivity contribution in [1.29, 1.82) is 0 Å². The number of ether oxygens (including phenoxy) is 1. The van der Waals surface area contributed by atoms with Gasteiger partial charge in [-0.1, -0.05) is 0 Å². The van der Waals surface area contributed by atoms with Crippen LogP contribution in [0.2, 0.25) is 0 Å². The number of alkyl carbamates (subject to hydrolysis) is 1. The molecule has 0 bridgehead atoms. The second-order valence-electron chi connectivity index (χ2n) is 6.44. The fraction of sp³-hybridized carbons (Fsp3) is 0.500. The summed E-state index contributed by atoms with van der Waals surface area (Å²) in [5.74, 6) is -5.98. The maximum atomic E-state index is 13.8. The molecule has 0 saturated heterocycles. The number of halogens is 3. The summed E-state index contributed by atoms with van der Waals surface area (Å²) in [6.45, 7) is 6.17. The fourth-order valence-electron chi connectivity index (χ4n) is 1.94. The number of nitrogens with one attached hydrogen (secondary N) is 1. The summed E-state index contributed by atoms with van der Waals surface area (Å²) >= 11 is 0. The van der Waals surface area contributed by atoms with Crippen LogP contribution in [0.1, 0.15) is 33.3 Å². The van der Waals surface area contributed by atoms with Crippen molar-refractivity contribution in [2.45, 2.75) is 45.8 Å². The molecule has 0 heterocycles. The number of hydrogen-bond acceptors (Lipinski definition) is 3. The molecular weight excluding hydrogens is 327 g/mol. The molecule has 0 aliphatic heterocycles. The lowest BCUT2D eigenvalue weighted by Crippen LogP contribution is -2.45. The predicted octanol–water partition coefficient (Wildman–Crippen LogP) is 3.26. The lowest BCUT2D eigenvalue weighted by molar-refractivity contribution is -0.142. The molecule has 1 unspecified atom stereocenters. The minimum absolute atomic E-state index is 0.247. The zero-order chi connectivity index (χ0) is 18.7. The Kier molecular flexibility index (Phi) is 6.22. The van der Waals surface area contributed by atoms with Crippen molar-refractivity contribution in [3.8, 4) is 0 Å². The third-order valence-electron chi connectivity index (χ3n) is 3.22. The van der Waals surface area contributed by atoms with E-state index in [1.807, 2.05) is 0 Å². The van der Waals surface area contributed by atoms with Crippen LogP contribution in [0.4, 0.5) is 18.0 Å². The predicted molar refractivity (Wildman–Crippen MR) is 80.0 cm³/mol. The standard InChI is InChI=1S/C16H20F3NO4/c1-8(14(21)22)13(20-15(23)24-16(2,3)4)6-9-5-11(18)12(19)7-10(9)17/h5,7-8,13H,6H2,1-4H3,(H,20,23)(H,21,22)/t8-,13?/m1/s1. The van der Waals surface area contributed by atoms with Crippen LogP contribution in [0.15, 0.2) is 12.1 Å². The van der Waals surface area contributed by atoms with E-state index in [4.69, 9.17) is 9.84 Å². The molecule has 0 aromatic heterocycles. The number of benzene rings is 1. The van der Waals surface area contributed by atoms with Crippen molar-refractivity contribution < 1.29 is 32.6 Å². The molecule has 0 fully saturated rings. The first-order valence-electron chi connectivity index (χ1n) is 7.26. The van der Waals surface area contributed by atoms with Crippen LogP contribution in [0, 0.1) is 23.4 Å². The number of rotatable bonds is 5. The topological polar surface area (TPSA) is 75.6 Å². The van der Waals surface area contributed by atoms with Crippen LogP contribution in [0.5, 0.6) is 0 Å². The Morgan fingerprint density at radius 2 is 1.71 bits per heavy atom. The van der Waals surface area contributed by atoms with E-state index in [1.165, 1.54) is 6.92 Å². The van der Waals surface area contributed by atoms with Gasteiger partial charge < -0.3 is 15.2 Å². The maximum Gasteiger partial charge on any atom is 0.407 e. The van der Waals surface area contributed by atoms with Crippen molar-refractivity contribution in [3.05, 3.63) is 35.1 Å². The summed E-state index contributed by atoms with van der Waals surface area (Å²) in [5, 5.41) is 11.5. The molecule has 24 heavy (non-hydrogen) atoms. The van der Waals surface area contributed by atoms with Gasteiger partial charge in [-0.3, -0.25) is 4.79 Å². The SMILES string of the molecule is C[C@@H](C(=O)O)C(Cc1cc(F)c(F)cc1F)NC(=O)OC(C)(C)C. The van der Waals surface area contributed by atoms with Crippen LogP contribution in [0.25, 0.3) is 0 Å². The van der Waals surface area contributed by atoms with Gasteiger partial charge in [-0.2, -0.15) is 0 Å². The monoisotopic (exact) mass is 347 g/mol. The molecule has 1 aromatic carbocycles. The molecule has 1 aromatic rings. The van der Waals surface area contributed by atoms with Crippen LogP contribution < -0.4 is 5.32 Å². The number of carbonyl (C=O) groups is 2. The summed E-state index contributed by atoms with van der Waals surface area (Å²) < 4.78 is 45.1. The molecule has 5 nitrogen and oxygen atoms in total. The minimum atomic E-state index is -1.35. The first-order chi connectivity index (χ1) is 10.9. The molecule has 2 N–H and O–H groups in total. The Balaban J connectivity index is 3.01. The van der Waals surface area contributed by atoms with Gasteiger partial charge in [0.25, 0.3) is 0 Å². The number of carboxylic acids is 1. The third kappa shape index (κ3) is 5.75. The van der Waals surface area contributed by atoms with Crippen molar-refractivity contribution in [2.24, 2.45) is 5.92 Å². The summed E-state index contributed by atoms with van der Waals surface area (Å²) in [5.41, 5.74) is -1.06. The van der Waals surface area contributed by atoms with E-state index >= 15 is 0 Å². The Hall–Kier alpha value is -2.25. The number of carbonyl (C=O) groups excluding carboxylic acids is 1. The highest BCUT2D eigenvalue weighted by atomic mass is 19.2. The second-order valence-corrected chi connectivity index (χ2v) is 6.44. The Labute approximate surface area is 137 Å². The van der Waals surface area contributed by atoms with Crippen molar-refractivity contribution in [3.63, 3.8) is 0 Å². The van der Waals surface area contributed by atoms with Crippen molar-refractivity contribution in [1.82, 2.24) is 5.32 Å². The van der Waals surface area contributed by atoms with Crippen LogP contribution in [-0.2, 0) is 16.0 Å². The summed E-state index contributed by atoms with van der Waals surface area (Å²) in [7, 11) is 0. The number of carboxylic acid groups (broad SMARTS) is 1. The van der Waals surface area contributed by atoms with Gasteiger partial charge in [0.1, 0.15) is 11.4 Å². The van der Waals surface area contributed by atoms with E-state index in [9.17, 15) is 22.8 Å². The minimum Gasteiger partial charge on any atom is -0.481 e. The highest BCUT2D eigenvalue weighted by Crippen LogP contribution is 2.19. The average Bonchev–Trinajstić information content (AvgIpc) is 2.40. The molecular formula is C16H20F3NO4. The molecule has 0 saturated carbocycles. The largest absolute Gasteiger partial charge is 0.481 e. The Bertz CT molecular complexity index is 628. The maximum absolute atomic E-state index is 13.8. The average molecular weight is 347 g/mol. The fourth-order valence-corrected chi connectivity index (χ4v) is 1.94. The summed E-state index contributed by atoms with van der Waals surface area (Å²) in [4.78, 5) is 23.0. The molecule has 1 rings (SSSR count). The van der Waals surface area contributed by atoms with Gasteiger partial charge in [0.15, 0.2) is 11.6 Å². The zero-order valence-corrected chi connectivity index (χ0v) is 13.8. The molecule has 2 atom stereocenters. The van der Waals surface area contributed by atoms with Crippen molar-refractivity contribution >= 4 is 12.1 Å². The zero-order valence-electron chi connectivity index (χ0n) is 13.8. The number of aliphatic carboxylic acids is 1. The van der Waals surface area contributed by atoms with Crippen molar-refractivity contribution in [2.75, 3.05) is 0 Å². The highest BCUT2D eigenvalue weighted by molar-refractivity contribution is 5.73. The molecule has 0 aliphatic carbocycles. The Morgan fingerprint density at radius 3 is 2.21 bits per heavy atom. The summed E-state index contributed by atoms with van der Waals surface area (Å²) in [6, 6.07) is -0.0550. The molecule has 0 radical (unpaired) electrons. The van der Waals surface area contributed by atoms with E-state index in [0.29, 0.717) is 12.1 Å². The lowest BCUT2D eigenvalue weighted by Gasteiger charge is -2.26. The summed E-state index contributed by atoms with van der Waals surface area (Å²) in [6.07, 6.45) is -1.22. The van der Waals surface area contributed by atoms with Gasteiger partial charge in [-0.15, -0.1) is 0 Å². The van der Waals surface area contributed by atoms with E-state index in [-0.39, 0.29) is 12.0 Å². The van der Waals surface area contributed by atoms with Crippen LogP contribution >= 0.6 is 0 Å². The molecule has 0 aliphatic rings. The third-order valence-corrected chi connectivity index (χ3v) is 3.22. The van der Waals surface area contributed by atoms with E-state index < -0.39 is 47.1 Å². The smallest absolute Gasteiger partial charge is 0.407 e. The van der Waals surface area contributed by atoms with Gasteiger partial charge >= 0.3 is 12.1 Å². The normalized spacial score (nSPS) is 14.0. The van der Waals surface area contributed by atoms with Crippen LogP contribution in [-0.4, -0.2) is 28.8 Å². The van der Waals surface area contributed by atoms with Gasteiger partial charge in [-0.05, 0) is 45.7 Å². The molecule has 8 heteroatoms. The van der Waals surface area contributed by atoms with Gasteiger partial charge in [0.05, 0.1) is 5.92 Å². The number of amides is 1.